The van der Waals surface area contributed by atoms with E-state index in [0.29, 0.717) is 6.42 Å². The van der Waals surface area contributed by atoms with Crippen molar-refractivity contribution in [3.8, 4) is 0 Å². The first kappa shape index (κ1) is 21.3. The third-order valence-electron chi connectivity index (χ3n) is 5.02. The molecule has 0 saturated carbocycles. The minimum Gasteiger partial charge on any atom is -0.378 e. The van der Waals surface area contributed by atoms with E-state index in [1.54, 1.807) is 36.4 Å². The summed E-state index contributed by atoms with van der Waals surface area (Å²) < 4.78 is 48.5. The van der Waals surface area contributed by atoms with Crippen molar-refractivity contribution in [1.82, 2.24) is 4.72 Å². The second-order valence-electron chi connectivity index (χ2n) is 8.09. The van der Waals surface area contributed by atoms with Crippen LogP contribution in [-0.4, -0.2) is 35.3 Å². The van der Waals surface area contributed by atoms with Crippen LogP contribution in [0.3, 0.4) is 0 Å². The van der Waals surface area contributed by atoms with E-state index in [-0.39, 0.29) is 21.9 Å². The highest BCUT2D eigenvalue weighted by Gasteiger charge is 2.34. The molecule has 0 bridgehead atoms. The van der Waals surface area contributed by atoms with Gasteiger partial charge >= 0.3 is 0 Å². The van der Waals surface area contributed by atoms with Gasteiger partial charge in [0.15, 0.2) is 9.84 Å². The highest BCUT2D eigenvalue weighted by Crippen LogP contribution is 2.44. The third kappa shape index (κ3) is 4.79. The molecule has 9 heteroatoms. The predicted octanol–water partition coefficient (Wildman–Crippen LogP) is 2.61. The molecular weight excluding hydrogens is 412 g/mol. The monoisotopic (exact) mass is 436 g/mol. The summed E-state index contributed by atoms with van der Waals surface area (Å²) in [4.78, 5) is 12.5. The van der Waals surface area contributed by atoms with Crippen LogP contribution in [0.2, 0.25) is 0 Å². The van der Waals surface area contributed by atoms with Crippen LogP contribution in [0.25, 0.3) is 0 Å². The van der Waals surface area contributed by atoms with Crippen molar-refractivity contribution >= 4 is 31.5 Å². The molecule has 1 atom stereocenters. The first-order chi connectivity index (χ1) is 13.3. The van der Waals surface area contributed by atoms with Gasteiger partial charge in [0.2, 0.25) is 10.0 Å². The van der Waals surface area contributed by atoms with Gasteiger partial charge in [0.1, 0.15) is 0 Å². The van der Waals surface area contributed by atoms with Crippen LogP contribution in [-0.2, 0) is 25.3 Å². The number of hydrogen-bond donors (Lipinski definition) is 2. The van der Waals surface area contributed by atoms with Crippen LogP contribution < -0.4 is 10.0 Å². The van der Waals surface area contributed by atoms with E-state index in [0.717, 1.165) is 23.1 Å². The Bertz CT molecular complexity index is 1190. The highest BCUT2D eigenvalue weighted by atomic mass is 32.2. The lowest BCUT2D eigenvalue weighted by atomic mass is 9.73. The zero-order valence-electron chi connectivity index (χ0n) is 16.7. The van der Waals surface area contributed by atoms with Crippen molar-refractivity contribution in [3.05, 3.63) is 59.2 Å². The molecule has 1 aliphatic rings. The molecule has 0 fully saturated rings. The van der Waals surface area contributed by atoms with Crippen LogP contribution >= 0.6 is 0 Å². The minimum absolute atomic E-state index is 0.102. The molecule has 0 saturated heterocycles. The number of anilines is 1. The summed E-state index contributed by atoms with van der Waals surface area (Å²) in [7, 11) is -6.95. The lowest BCUT2D eigenvalue weighted by Crippen LogP contribution is -2.33. The number of sulfone groups is 1. The molecule has 2 N–H and O–H groups in total. The Balaban J connectivity index is 1.96. The maximum Gasteiger partial charge on any atom is 0.264 e. The van der Waals surface area contributed by atoms with Gasteiger partial charge in [-0.2, -0.15) is 0 Å². The Labute approximate surface area is 171 Å². The summed E-state index contributed by atoms with van der Waals surface area (Å²) in [5.41, 5.74) is 2.53. The van der Waals surface area contributed by atoms with E-state index >= 15 is 0 Å². The fourth-order valence-electron chi connectivity index (χ4n) is 3.62. The first-order valence-electron chi connectivity index (χ1n) is 8.99. The summed E-state index contributed by atoms with van der Waals surface area (Å²) >= 11 is 0. The lowest BCUT2D eigenvalue weighted by molar-refractivity contribution is 0.0981. The number of sulfonamides is 1. The predicted molar refractivity (Wildman–Crippen MR) is 112 cm³/mol. The van der Waals surface area contributed by atoms with Crippen molar-refractivity contribution in [2.45, 2.75) is 36.6 Å². The molecule has 1 heterocycles. The second kappa shape index (κ2) is 7.14. The molecule has 1 amide bonds. The van der Waals surface area contributed by atoms with Gasteiger partial charge in [0.05, 0.1) is 17.2 Å². The zero-order chi connectivity index (χ0) is 21.6. The molecule has 1 aliphatic heterocycles. The summed E-state index contributed by atoms with van der Waals surface area (Å²) in [6.07, 6.45) is 2.79. The lowest BCUT2D eigenvalue weighted by Gasteiger charge is -2.39. The Kier molecular flexibility index (Phi) is 5.25. The molecule has 0 aromatic heterocycles. The number of carbonyl (C=O) groups excluding carboxylic acids is 1. The molecule has 3 rings (SSSR count). The van der Waals surface area contributed by atoms with Crippen molar-refractivity contribution in [2.75, 3.05) is 17.8 Å². The normalized spacial score (nSPS) is 18.4. The average Bonchev–Trinajstić information content (AvgIpc) is 2.59. The van der Waals surface area contributed by atoms with Crippen molar-refractivity contribution in [3.63, 3.8) is 0 Å². The molecule has 0 spiro atoms. The van der Waals surface area contributed by atoms with Gasteiger partial charge in [-0.1, -0.05) is 26.0 Å². The Morgan fingerprint density at radius 1 is 1.07 bits per heavy atom. The Morgan fingerprint density at radius 3 is 2.38 bits per heavy atom. The highest BCUT2D eigenvalue weighted by molar-refractivity contribution is 7.90. The molecular formula is C20H24N2O5S2. The van der Waals surface area contributed by atoms with Crippen LogP contribution in [0.15, 0.2) is 47.4 Å². The summed E-state index contributed by atoms with van der Waals surface area (Å²) in [6.45, 7) is 4.08. The number of nitrogens with one attached hydrogen (secondary N) is 2. The quantitative estimate of drug-likeness (QED) is 0.763. The summed E-state index contributed by atoms with van der Waals surface area (Å²) in [5.74, 6) is -0.672. The minimum atomic E-state index is -3.65. The van der Waals surface area contributed by atoms with Gasteiger partial charge < -0.3 is 5.32 Å². The van der Waals surface area contributed by atoms with E-state index in [1.807, 2.05) is 24.6 Å². The van der Waals surface area contributed by atoms with Crippen molar-refractivity contribution < 1.29 is 21.6 Å². The maximum absolute atomic E-state index is 12.2. The standard InChI is InChI=1S/C20H24N2O5S2/c1-20(2)12-18(13-6-5-7-15(10-13)28(3,24)25)21-17-9-8-14(11-16(17)20)19(23)22-29(4,26)27/h5-11,18,21H,12H2,1-4H3,(H,22,23). The first-order valence-corrected chi connectivity index (χ1v) is 12.8. The van der Waals surface area contributed by atoms with Crippen molar-refractivity contribution in [2.24, 2.45) is 0 Å². The molecule has 29 heavy (non-hydrogen) atoms. The molecule has 2 aromatic rings. The fourth-order valence-corrected chi connectivity index (χ4v) is 4.75. The van der Waals surface area contributed by atoms with Gasteiger partial charge in [-0.15, -0.1) is 0 Å². The van der Waals surface area contributed by atoms with Gasteiger partial charge in [0, 0.05) is 17.5 Å². The zero-order valence-corrected chi connectivity index (χ0v) is 18.3. The number of hydrogen-bond acceptors (Lipinski definition) is 6. The topological polar surface area (TPSA) is 109 Å². The van der Waals surface area contributed by atoms with E-state index in [4.69, 9.17) is 0 Å². The van der Waals surface area contributed by atoms with E-state index in [1.165, 1.54) is 6.26 Å². The van der Waals surface area contributed by atoms with Gasteiger partial charge in [0.25, 0.3) is 5.91 Å². The third-order valence-corrected chi connectivity index (χ3v) is 6.69. The van der Waals surface area contributed by atoms with Gasteiger partial charge in [-0.3, -0.25) is 4.79 Å². The van der Waals surface area contributed by atoms with Crippen LogP contribution in [0.5, 0.6) is 0 Å². The van der Waals surface area contributed by atoms with E-state index in [9.17, 15) is 21.6 Å². The SMILES string of the molecule is CC1(C)CC(c2cccc(S(C)(=O)=O)c2)Nc2ccc(C(=O)NS(C)(=O)=O)cc21. The van der Waals surface area contributed by atoms with Crippen molar-refractivity contribution in [1.29, 1.82) is 0 Å². The van der Waals surface area contributed by atoms with E-state index < -0.39 is 25.8 Å². The van der Waals surface area contributed by atoms with Gasteiger partial charge in [-0.25, -0.2) is 21.6 Å². The van der Waals surface area contributed by atoms with Crippen LogP contribution in [0, 0.1) is 0 Å². The number of rotatable bonds is 4. The molecule has 0 aliphatic carbocycles. The van der Waals surface area contributed by atoms with Crippen LogP contribution in [0.1, 0.15) is 47.8 Å². The number of fused-ring (bicyclic) bond motifs is 1. The summed E-state index contributed by atoms with van der Waals surface area (Å²) in [6, 6.07) is 11.8. The number of carbonyl (C=O) groups is 1. The largest absolute Gasteiger partial charge is 0.378 e. The molecule has 0 radical (unpaired) electrons. The van der Waals surface area contributed by atoms with Crippen LogP contribution in [0.4, 0.5) is 5.69 Å². The van der Waals surface area contributed by atoms with Gasteiger partial charge in [-0.05, 0) is 53.3 Å². The van der Waals surface area contributed by atoms with E-state index in [2.05, 4.69) is 5.32 Å². The average molecular weight is 437 g/mol. The number of benzene rings is 2. The summed E-state index contributed by atoms with van der Waals surface area (Å²) in [5, 5.41) is 3.42. The molecule has 7 nitrogen and oxygen atoms in total. The molecule has 1 unspecified atom stereocenters. The molecule has 2 aromatic carbocycles. The Hall–Kier alpha value is -2.39. The fraction of sp³-hybridized carbons (Fsp3) is 0.350. The Morgan fingerprint density at radius 2 is 1.76 bits per heavy atom. The second-order valence-corrected chi connectivity index (χ2v) is 11.9. The molecule has 156 valence electrons. The smallest absolute Gasteiger partial charge is 0.264 e. The maximum atomic E-state index is 12.2. The number of amides is 1.